The Labute approximate surface area is 117 Å². The van der Waals surface area contributed by atoms with Crippen LogP contribution in [-0.4, -0.2) is 5.11 Å². The second-order valence-electron chi connectivity index (χ2n) is 5.79. The van der Waals surface area contributed by atoms with Gasteiger partial charge in [-0.3, -0.25) is 0 Å². The summed E-state index contributed by atoms with van der Waals surface area (Å²) in [6.45, 7) is 6.38. The number of aromatic hydroxyl groups is 1. The number of hydrogen-bond acceptors (Lipinski definition) is 1. The number of phenolic OH excluding ortho intramolecular Hbond substituents is 1. The fraction of sp³-hybridized carbons (Fsp3) is 0.158. The summed E-state index contributed by atoms with van der Waals surface area (Å²) < 4.78 is 0. The zero-order valence-corrected chi connectivity index (χ0v) is 11.9. The van der Waals surface area contributed by atoms with Crippen LogP contribution in [-0.2, 0) is 0 Å². The lowest BCUT2D eigenvalue weighted by atomic mass is 9.88. The third-order valence-corrected chi connectivity index (χ3v) is 4.50. The fourth-order valence-corrected chi connectivity index (χ4v) is 3.54. The zero-order valence-electron chi connectivity index (χ0n) is 11.9. The van der Waals surface area contributed by atoms with Crippen molar-refractivity contribution in [2.75, 3.05) is 0 Å². The molecule has 0 spiro atoms. The number of phenols is 1. The molecule has 0 aliphatic carbocycles. The summed E-state index contributed by atoms with van der Waals surface area (Å²) in [7, 11) is 0. The van der Waals surface area contributed by atoms with Crippen LogP contribution < -0.4 is 0 Å². The van der Waals surface area contributed by atoms with Crippen LogP contribution in [0.2, 0.25) is 0 Å². The Morgan fingerprint density at radius 1 is 0.600 bits per heavy atom. The van der Waals surface area contributed by atoms with E-state index in [-0.39, 0.29) is 0 Å². The molecule has 0 saturated carbocycles. The first kappa shape index (κ1) is 11.5. The standard InChI is InChI=1S/C19H16O/c1-10-8-11(2)14-6-7-16-17(20)9-12(3)15-5-4-13(10)18(14)19(15)16/h4-9,20H,1-3H3. The Morgan fingerprint density at radius 2 is 1.00 bits per heavy atom. The van der Waals surface area contributed by atoms with Crippen LogP contribution >= 0.6 is 0 Å². The number of benzene rings is 4. The average Bonchev–Trinajstić information content (AvgIpc) is 2.42. The summed E-state index contributed by atoms with van der Waals surface area (Å²) >= 11 is 0. The lowest BCUT2D eigenvalue weighted by Crippen LogP contribution is -1.90. The van der Waals surface area contributed by atoms with Crippen molar-refractivity contribution < 1.29 is 5.11 Å². The summed E-state index contributed by atoms with van der Waals surface area (Å²) in [6.07, 6.45) is 0. The summed E-state index contributed by atoms with van der Waals surface area (Å²) in [5.74, 6) is 0.378. The Balaban J connectivity index is 2.47. The molecule has 4 aromatic rings. The predicted octanol–water partition coefficient (Wildman–Crippen LogP) is 5.21. The minimum atomic E-state index is 0.378. The van der Waals surface area contributed by atoms with Gasteiger partial charge in [-0.25, -0.2) is 0 Å². The Bertz CT molecular complexity index is 826. The normalized spacial score (nSPS) is 11.9. The first-order valence-electron chi connectivity index (χ1n) is 6.95. The molecule has 0 fully saturated rings. The second-order valence-corrected chi connectivity index (χ2v) is 5.79. The van der Waals surface area contributed by atoms with Gasteiger partial charge in [-0.2, -0.15) is 0 Å². The molecule has 0 unspecified atom stereocenters. The van der Waals surface area contributed by atoms with Crippen molar-refractivity contribution in [3.05, 3.63) is 53.1 Å². The highest BCUT2D eigenvalue weighted by Gasteiger charge is 2.14. The molecule has 0 aromatic heterocycles. The van der Waals surface area contributed by atoms with E-state index in [0.717, 1.165) is 10.9 Å². The number of rotatable bonds is 0. The molecule has 1 N–H and O–H groups in total. The van der Waals surface area contributed by atoms with Crippen molar-refractivity contribution in [3.8, 4) is 5.75 Å². The molecular formula is C19H16O. The van der Waals surface area contributed by atoms with Crippen LogP contribution in [0.25, 0.3) is 32.3 Å². The summed E-state index contributed by atoms with van der Waals surface area (Å²) in [6, 6.07) is 12.7. The van der Waals surface area contributed by atoms with E-state index in [9.17, 15) is 5.11 Å². The molecule has 4 rings (SSSR count). The molecule has 0 aliphatic heterocycles. The van der Waals surface area contributed by atoms with Crippen molar-refractivity contribution in [1.29, 1.82) is 0 Å². The third-order valence-electron chi connectivity index (χ3n) is 4.50. The quantitative estimate of drug-likeness (QED) is 0.430. The fourth-order valence-electron chi connectivity index (χ4n) is 3.54. The van der Waals surface area contributed by atoms with Crippen LogP contribution in [0.3, 0.4) is 0 Å². The van der Waals surface area contributed by atoms with E-state index in [1.165, 1.54) is 38.1 Å². The summed E-state index contributed by atoms with van der Waals surface area (Å²) in [4.78, 5) is 0. The van der Waals surface area contributed by atoms with E-state index in [0.29, 0.717) is 5.75 Å². The first-order chi connectivity index (χ1) is 9.58. The van der Waals surface area contributed by atoms with Crippen LogP contribution in [0, 0.1) is 20.8 Å². The first-order valence-corrected chi connectivity index (χ1v) is 6.95. The Hall–Kier alpha value is -2.28. The van der Waals surface area contributed by atoms with Crippen molar-refractivity contribution in [1.82, 2.24) is 0 Å². The van der Waals surface area contributed by atoms with Gasteiger partial charge in [0.25, 0.3) is 0 Å². The van der Waals surface area contributed by atoms with Crippen molar-refractivity contribution in [2.24, 2.45) is 0 Å². The van der Waals surface area contributed by atoms with Crippen LogP contribution in [0.15, 0.2) is 36.4 Å². The Morgan fingerprint density at radius 3 is 1.55 bits per heavy atom. The largest absolute Gasteiger partial charge is 0.507 e. The van der Waals surface area contributed by atoms with Gasteiger partial charge in [0.05, 0.1) is 0 Å². The molecule has 0 heterocycles. The molecule has 0 atom stereocenters. The maximum Gasteiger partial charge on any atom is 0.123 e. The lowest BCUT2D eigenvalue weighted by molar-refractivity contribution is 0.481. The summed E-state index contributed by atoms with van der Waals surface area (Å²) in [5.41, 5.74) is 3.72. The second kappa shape index (κ2) is 3.63. The van der Waals surface area contributed by atoms with Gasteiger partial charge in [0.15, 0.2) is 0 Å². The minimum Gasteiger partial charge on any atom is -0.507 e. The molecule has 0 saturated heterocycles. The topological polar surface area (TPSA) is 20.2 Å². The van der Waals surface area contributed by atoms with Gasteiger partial charge in [0.2, 0.25) is 0 Å². The maximum atomic E-state index is 10.3. The Kier molecular flexibility index (Phi) is 2.10. The van der Waals surface area contributed by atoms with Gasteiger partial charge in [-0.05, 0) is 71.1 Å². The van der Waals surface area contributed by atoms with Crippen LogP contribution in [0.4, 0.5) is 0 Å². The molecule has 0 bridgehead atoms. The van der Waals surface area contributed by atoms with Crippen molar-refractivity contribution >= 4 is 32.3 Å². The number of aryl methyl sites for hydroxylation is 3. The average molecular weight is 260 g/mol. The maximum absolute atomic E-state index is 10.3. The molecule has 4 aromatic carbocycles. The number of hydrogen-bond donors (Lipinski definition) is 1. The predicted molar refractivity (Wildman–Crippen MR) is 86.0 cm³/mol. The van der Waals surface area contributed by atoms with E-state index in [1.807, 2.05) is 12.1 Å². The molecule has 1 heteroatoms. The van der Waals surface area contributed by atoms with Crippen LogP contribution in [0.5, 0.6) is 5.75 Å². The smallest absolute Gasteiger partial charge is 0.123 e. The summed E-state index contributed by atoms with van der Waals surface area (Å²) in [5, 5.41) is 17.5. The van der Waals surface area contributed by atoms with E-state index in [2.05, 4.69) is 45.0 Å². The minimum absolute atomic E-state index is 0.378. The molecule has 0 radical (unpaired) electrons. The van der Waals surface area contributed by atoms with Crippen molar-refractivity contribution in [3.63, 3.8) is 0 Å². The van der Waals surface area contributed by atoms with E-state index >= 15 is 0 Å². The SMILES string of the molecule is Cc1cc(C)c2ccc3c(O)cc(C)c4ccc1c2c43. The highest BCUT2D eigenvalue weighted by atomic mass is 16.3. The van der Waals surface area contributed by atoms with Gasteiger partial charge in [0.1, 0.15) is 5.75 Å². The van der Waals surface area contributed by atoms with Gasteiger partial charge in [0, 0.05) is 10.8 Å². The van der Waals surface area contributed by atoms with Crippen molar-refractivity contribution in [2.45, 2.75) is 20.8 Å². The van der Waals surface area contributed by atoms with E-state index in [4.69, 9.17) is 0 Å². The molecule has 0 amide bonds. The van der Waals surface area contributed by atoms with Gasteiger partial charge < -0.3 is 5.11 Å². The molecule has 1 nitrogen and oxygen atoms in total. The molecule has 0 aliphatic rings. The van der Waals surface area contributed by atoms with E-state index < -0.39 is 0 Å². The van der Waals surface area contributed by atoms with Gasteiger partial charge in [-0.15, -0.1) is 0 Å². The zero-order chi connectivity index (χ0) is 14.0. The van der Waals surface area contributed by atoms with Gasteiger partial charge >= 0.3 is 0 Å². The molecule has 20 heavy (non-hydrogen) atoms. The molecular weight excluding hydrogens is 244 g/mol. The van der Waals surface area contributed by atoms with E-state index in [1.54, 1.807) is 0 Å². The monoisotopic (exact) mass is 260 g/mol. The lowest BCUT2D eigenvalue weighted by Gasteiger charge is -2.16. The third kappa shape index (κ3) is 1.27. The highest BCUT2D eigenvalue weighted by molar-refractivity contribution is 6.25. The molecule has 98 valence electrons. The van der Waals surface area contributed by atoms with Gasteiger partial charge in [-0.1, -0.05) is 24.3 Å². The van der Waals surface area contributed by atoms with Crippen LogP contribution in [0.1, 0.15) is 16.7 Å². The highest BCUT2D eigenvalue weighted by Crippen LogP contribution is 2.41.